The summed E-state index contributed by atoms with van der Waals surface area (Å²) in [5.74, 6) is 0.570. The molecular formula is C12H13N5. The number of fused-ring (bicyclic) bond motifs is 1. The quantitative estimate of drug-likeness (QED) is 0.483. The summed E-state index contributed by atoms with van der Waals surface area (Å²) >= 11 is 0. The van der Waals surface area contributed by atoms with Crippen LogP contribution in [0.25, 0.3) is 11.9 Å². The summed E-state index contributed by atoms with van der Waals surface area (Å²) in [6.07, 6.45) is 3.60. The van der Waals surface area contributed by atoms with Crippen LogP contribution in [-0.2, 0) is 5.66 Å². The Bertz CT molecular complexity index is 658. The molecule has 1 atom stereocenters. The summed E-state index contributed by atoms with van der Waals surface area (Å²) in [5.41, 5.74) is 12.2. The van der Waals surface area contributed by atoms with Crippen LogP contribution in [0.3, 0.4) is 0 Å². The highest BCUT2D eigenvalue weighted by Gasteiger charge is 2.28. The summed E-state index contributed by atoms with van der Waals surface area (Å²) < 4.78 is 0. The van der Waals surface area contributed by atoms with Gasteiger partial charge in [0.05, 0.1) is 5.69 Å². The Hall–Kier alpha value is -2.27. The van der Waals surface area contributed by atoms with Crippen molar-refractivity contribution in [3.8, 4) is 0 Å². The maximum absolute atomic E-state index is 6.29. The van der Waals surface area contributed by atoms with E-state index in [9.17, 15) is 0 Å². The van der Waals surface area contributed by atoms with Gasteiger partial charge in [0.25, 0.3) is 0 Å². The molecule has 1 unspecified atom stereocenters. The van der Waals surface area contributed by atoms with Gasteiger partial charge in [0.2, 0.25) is 0 Å². The second-order valence-electron chi connectivity index (χ2n) is 4.11. The molecule has 0 radical (unpaired) electrons. The first kappa shape index (κ1) is 9.92. The SMILES string of the molecule is NC1=c2ccccc2=CC(N)(c2ccn[nH]2)N1. The van der Waals surface area contributed by atoms with E-state index < -0.39 is 5.66 Å². The number of hydrogen-bond donors (Lipinski definition) is 4. The van der Waals surface area contributed by atoms with E-state index in [0.717, 1.165) is 16.1 Å². The maximum atomic E-state index is 6.29. The Labute approximate surface area is 97.8 Å². The molecule has 0 saturated carbocycles. The van der Waals surface area contributed by atoms with E-state index in [0.29, 0.717) is 5.82 Å². The molecule has 0 spiro atoms. The van der Waals surface area contributed by atoms with Crippen molar-refractivity contribution in [2.75, 3.05) is 0 Å². The molecule has 5 heteroatoms. The van der Waals surface area contributed by atoms with Gasteiger partial charge in [-0.2, -0.15) is 5.10 Å². The predicted molar refractivity (Wildman–Crippen MR) is 65.3 cm³/mol. The summed E-state index contributed by atoms with van der Waals surface area (Å²) in [6.45, 7) is 0. The number of benzene rings is 1. The second-order valence-corrected chi connectivity index (χ2v) is 4.11. The van der Waals surface area contributed by atoms with Gasteiger partial charge in [0.15, 0.2) is 5.66 Å². The van der Waals surface area contributed by atoms with Crippen LogP contribution in [0, 0.1) is 0 Å². The molecule has 0 bridgehead atoms. The van der Waals surface area contributed by atoms with Gasteiger partial charge in [-0.3, -0.25) is 5.10 Å². The lowest BCUT2D eigenvalue weighted by atomic mass is 10.0. The predicted octanol–water partition coefficient (Wildman–Crippen LogP) is -1.37. The first-order valence-corrected chi connectivity index (χ1v) is 5.34. The number of aromatic amines is 1. The molecule has 86 valence electrons. The molecule has 0 fully saturated rings. The van der Waals surface area contributed by atoms with Crippen LogP contribution in [0.1, 0.15) is 5.69 Å². The minimum atomic E-state index is -0.838. The monoisotopic (exact) mass is 227 g/mol. The van der Waals surface area contributed by atoms with E-state index in [1.165, 1.54) is 0 Å². The molecule has 17 heavy (non-hydrogen) atoms. The molecular weight excluding hydrogens is 214 g/mol. The fraction of sp³-hybridized carbons (Fsp3) is 0.0833. The fourth-order valence-corrected chi connectivity index (χ4v) is 2.07. The number of hydrogen-bond acceptors (Lipinski definition) is 4. The molecule has 1 aromatic heterocycles. The van der Waals surface area contributed by atoms with Crippen LogP contribution < -0.4 is 27.2 Å². The van der Waals surface area contributed by atoms with E-state index in [-0.39, 0.29) is 0 Å². The lowest BCUT2D eigenvalue weighted by Crippen LogP contribution is -2.57. The topological polar surface area (TPSA) is 92.8 Å². The Balaban J connectivity index is 2.25. The average Bonchev–Trinajstić information content (AvgIpc) is 2.83. The molecule has 0 saturated heterocycles. The average molecular weight is 227 g/mol. The van der Waals surface area contributed by atoms with Crippen molar-refractivity contribution in [3.05, 3.63) is 52.7 Å². The van der Waals surface area contributed by atoms with Gasteiger partial charge in [-0.1, -0.05) is 24.3 Å². The van der Waals surface area contributed by atoms with Gasteiger partial charge >= 0.3 is 0 Å². The molecule has 1 aliphatic rings. The third-order valence-electron chi connectivity index (χ3n) is 2.92. The number of nitrogens with two attached hydrogens (primary N) is 2. The first-order valence-electron chi connectivity index (χ1n) is 5.34. The summed E-state index contributed by atoms with van der Waals surface area (Å²) in [6, 6.07) is 9.68. The number of aromatic nitrogens is 2. The van der Waals surface area contributed by atoms with E-state index in [4.69, 9.17) is 11.5 Å². The normalized spacial score (nSPS) is 22.5. The minimum Gasteiger partial charge on any atom is -0.385 e. The van der Waals surface area contributed by atoms with Crippen molar-refractivity contribution >= 4 is 11.9 Å². The molecule has 3 rings (SSSR count). The third-order valence-corrected chi connectivity index (χ3v) is 2.92. The maximum Gasteiger partial charge on any atom is 0.150 e. The van der Waals surface area contributed by atoms with E-state index >= 15 is 0 Å². The summed E-state index contributed by atoms with van der Waals surface area (Å²) in [7, 11) is 0. The Morgan fingerprint density at radius 1 is 1.18 bits per heavy atom. The smallest absolute Gasteiger partial charge is 0.150 e. The van der Waals surface area contributed by atoms with Crippen molar-refractivity contribution < 1.29 is 0 Å². The van der Waals surface area contributed by atoms with E-state index in [2.05, 4.69) is 15.5 Å². The van der Waals surface area contributed by atoms with Crippen LogP contribution in [0.5, 0.6) is 0 Å². The van der Waals surface area contributed by atoms with Crippen molar-refractivity contribution in [2.45, 2.75) is 5.66 Å². The third kappa shape index (κ3) is 1.48. The van der Waals surface area contributed by atoms with Crippen LogP contribution in [-0.4, -0.2) is 10.2 Å². The molecule has 2 aromatic rings. The van der Waals surface area contributed by atoms with Crippen LogP contribution >= 0.6 is 0 Å². The van der Waals surface area contributed by atoms with Gasteiger partial charge in [-0.05, 0) is 17.4 Å². The Morgan fingerprint density at radius 3 is 2.76 bits per heavy atom. The van der Waals surface area contributed by atoms with Crippen molar-refractivity contribution in [1.29, 1.82) is 0 Å². The van der Waals surface area contributed by atoms with Crippen molar-refractivity contribution in [2.24, 2.45) is 11.5 Å². The highest BCUT2D eigenvalue weighted by Crippen LogP contribution is 2.15. The second kappa shape index (κ2) is 3.36. The number of H-pyrrole nitrogens is 1. The molecule has 2 heterocycles. The van der Waals surface area contributed by atoms with Crippen molar-refractivity contribution in [3.63, 3.8) is 0 Å². The van der Waals surface area contributed by atoms with Crippen LogP contribution in [0.15, 0.2) is 36.5 Å². The van der Waals surface area contributed by atoms with Gasteiger partial charge < -0.3 is 16.8 Å². The van der Waals surface area contributed by atoms with Crippen LogP contribution in [0.2, 0.25) is 0 Å². The van der Waals surface area contributed by atoms with Gasteiger partial charge in [0.1, 0.15) is 5.82 Å². The lowest BCUT2D eigenvalue weighted by molar-refractivity contribution is 0.513. The van der Waals surface area contributed by atoms with E-state index in [1.807, 2.05) is 36.4 Å². The highest BCUT2D eigenvalue weighted by molar-refractivity contribution is 5.54. The van der Waals surface area contributed by atoms with Crippen molar-refractivity contribution in [1.82, 2.24) is 15.5 Å². The van der Waals surface area contributed by atoms with Crippen LogP contribution in [0.4, 0.5) is 0 Å². The van der Waals surface area contributed by atoms with E-state index in [1.54, 1.807) is 6.20 Å². The molecule has 6 N–H and O–H groups in total. The Morgan fingerprint density at radius 2 is 2.00 bits per heavy atom. The minimum absolute atomic E-state index is 0.570. The highest BCUT2D eigenvalue weighted by atomic mass is 15.2. The van der Waals surface area contributed by atoms with Gasteiger partial charge in [0, 0.05) is 11.4 Å². The lowest BCUT2D eigenvalue weighted by Gasteiger charge is -2.29. The zero-order chi connectivity index (χ0) is 11.9. The number of nitrogens with zero attached hydrogens (tertiary/aromatic N) is 1. The number of rotatable bonds is 1. The van der Waals surface area contributed by atoms with Gasteiger partial charge in [-0.25, -0.2) is 0 Å². The zero-order valence-corrected chi connectivity index (χ0v) is 9.14. The molecule has 0 aliphatic carbocycles. The zero-order valence-electron chi connectivity index (χ0n) is 9.14. The largest absolute Gasteiger partial charge is 0.385 e. The van der Waals surface area contributed by atoms with Gasteiger partial charge in [-0.15, -0.1) is 0 Å². The number of nitrogens with one attached hydrogen (secondary N) is 2. The molecule has 1 aliphatic heterocycles. The molecule has 5 nitrogen and oxygen atoms in total. The standard InChI is InChI=1S/C12H13N5/c13-11-9-4-2-1-3-8(9)7-12(14,16-11)10-5-6-15-17-10/h1-7,16H,13-14H2,(H,15,17). The fourth-order valence-electron chi connectivity index (χ4n) is 2.07. The first-order chi connectivity index (χ1) is 8.19. The summed E-state index contributed by atoms with van der Waals surface area (Å²) in [4.78, 5) is 0. The summed E-state index contributed by atoms with van der Waals surface area (Å²) in [5, 5.41) is 11.8. The Kier molecular flexibility index (Phi) is 1.96. The molecule has 1 aromatic carbocycles. The molecule has 0 amide bonds.